The van der Waals surface area contributed by atoms with Gasteiger partial charge >= 0.3 is 6.09 Å². The minimum atomic E-state index is -0.458. The first-order valence-electron chi connectivity index (χ1n) is 8.56. The van der Waals surface area contributed by atoms with E-state index in [1.165, 1.54) is 18.6 Å². The second-order valence-electron chi connectivity index (χ2n) is 7.97. The van der Waals surface area contributed by atoms with Gasteiger partial charge < -0.3 is 9.64 Å². The van der Waals surface area contributed by atoms with E-state index in [1.807, 2.05) is 37.8 Å². The molecule has 2 aliphatic heterocycles. The van der Waals surface area contributed by atoms with Gasteiger partial charge in [-0.25, -0.2) is 9.18 Å². The Morgan fingerprint density at radius 2 is 1.96 bits per heavy atom. The maximum atomic E-state index is 13.1. The topological polar surface area (TPSA) is 29.5 Å². The van der Waals surface area contributed by atoms with E-state index in [1.54, 1.807) is 0 Å². The zero-order chi connectivity index (χ0) is 16.6. The number of carbonyl (C=O) groups excluding carboxylic acids is 1. The molecule has 2 heterocycles. The van der Waals surface area contributed by atoms with Gasteiger partial charge in [-0.05, 0) is 76.0 Å². The Balaban J connectivity index is 1.70. The normalized spacial score (nSPS) is 27.1. The molecular weight excluding hydrogens is 293 g/mol. The molecule has 3 fully saturated rings. The highest BCUT2D eigenvalue weighted by molar-refractivity contribution is 5.69. The zero-order valence-corrected chi connectivity index (χ0v) is 14.2. The third-order valence-electron chi connectivity index (χ3n) is 4.95. The van der Waals surface area contributed by atoms with Crippen LogP contribution in [0.5, 0.6) is 0 Å². The van der Waals surface area contributed by atoms with Crippen molar-refractivity contribution in [1.82, 2.24) is 4.90 Å². The Morgan fingerprint density at radius 1 is 1.26 bits per heavy atom. The lowest BCUT2D eigenvalue weighted by Gasteiger charge is -2.50. The zero-order valence-electron chi connectivity index (χ0n) is 14.2. The smallest absolute Gasteiger partial charge is 0.410 e. The summed E-state index contributed by atoms with van der Waals surface area (Å²) in [5.41, 5.74) is 0.688. The molecule has 0 aromatic heterocycles. The summed E-state index contributed by atoms with van der Waals surface area (Å²) in [6, 6.07) is 6.99. The van der Waals surface area contributed by atoms with E-state index in [0.717, 1.165) is 31.4 Å². The maximum absolute atomic E-state index is 13.1. The van der Waals surface area contributed by atoms with E-state index in [2.05, 4.69) is 0 Å². The molecule has 3 nitrogen and oxygen atoms in total. The first-order chi connectivity index (χ1) is 10.8. The van der Waals surface area contributed by atoms with Crippen molar-refractivity contribution in [2.24, 2.45) is 11.8 Å². The van der Waals surface area contributed by atoms with Crippen LogP contribution in [0.25, 0.3) is 0 Å². The van der Waals surface area contributed by atoms with Crippen LogP contribution in [-0.4, -0.2) is 29.2 Å². The summed E-state index contributed by atoms with van der Waals surface area (Å²) in [6.07, 6.45) is 4.12. The van der Waals surface area contributed by atoms with Gasteiger partial charge in [0.2, 0.25) is 0 Å². The molecule has 4 rings (SSSR count). The highest BCUT2D eigenvalue weighted by atomic mass is 19.1. The number of benzene rings is 1. The molecule has 2 bridgehead atoms. The number of nitrogens with zero attached hydrogens (tertiary/aromatic N) is 1. The lowest BCUT2D eigenvalue weighted by molar-refractivity contribution is -0.0316. The van der Waals surface area contributed by atoms with Gasteiger partial charge in [-0.3, -0.25) is 0 Å². The first kappa shape index (κ1) is 16.3. The van der Waals surface area contributed by atoms with Crippen LogP contribution in [-0.2, 0) is 11.2 Å². The van der Waals surface area contributed by atoms with Crippen LogP contribution in [0.15, 0.2) is 24.3 Å². The monoisotopic (exact) mass is 319 g/mol. The van der Waals surface area contributed by atoms with Gasteiger partial charge in [0.15, 0.2) is 0 Å². The molecule has 3 aliphatic rings. The summed E-state index contributed by atoms with van der Waals surface area (Å²) in [5, 5.41) is 0. The van der Waals surface area contributed by atoms with Crippen molar-refractivity contribution in [3.8, 4) is 0 Å². The van der Waals surface area contributed by atoms with Crippen LogP contribution >= 0.6 is 0 Å². The van der Waals surface area contributed by atoms with Crippen molar-refractivity contribution in [3.63, 3.8) is 0 Å². The summed E-state index contributed by atoms with van der Waals surface area (Å²) in [6.45, 7) is 6.54. The Labute approximate surface area is 137 Å². The number of ether oxygens (including phenoxy) is 1. The SMILES string of the molecule is CC(C)(C)OC(=O)N1C[C@@H]2CC[C@@H]1[C@@H](Cc1ccc(F)cc1)C2. The van der Waals surface area contributed by atoms with Crippen molar-refractivity contribution < 1.29 is 13.9 Å². The van der Waals surface area contributed by atoms with Gasteiger partial charge in [-0.1, -0.05) is 12.1 Å². The molecule has 2 saturated heterocycles. The predicted molar refractivity (Wildman–Crippen MR) is 87.7 cm³/mol. The Morgan fingerprint density at radius 3 is 2.57 bits per heavy atom. The molecule has 0 N–H and O–H groups in total. The molecule has 0 spiro atoms. The van der Waals surface area contributed by atoms with Gasteiger partial charge in [0.1, 0.15) is 11.4 Å². The summed E-state index contributed by atoms with van der Waals surface area (Å²) in [5.74, 6) is 0.813. The van der Waals surface area contributed by atoms with Crippen molar-refractivity contribution >= 4 is 6.09 Å². The van der Waals surface area contributed by atoms with Crippen molar-refractivity contribution in [2.75, 3.05) is 6.54 Å². The van der Waals surface area contributed by atoms with E-state index in [0.29, 0.717) is 11.8 Å². The number of halogens is 1. The number of hydrogen-bond acceptors (Lipinski definition) is 2. The largest absolute Gasteiger partial charge is 0.444 e. The number of carbonyl (C=O) groups is 1. The molecule has 0 unspecified atom stereocenters. The molecule has 1 saturated carbocycles. The van der Waals surface area contributed by atoms with Crippen LogP contribution < -0.4 is 0 Å². The van der Waals surface area contributed by atoms with Crippen LogP contribution in [0.1, 0.15) is 45.6 Å². The first-order valence-corrected chi connectivity index (χ1v) is 8.56. The van der Waals surface area contributed by atoms with E-state index in [9.17, 15) is 9.18 Å². The number of rotatable bonds is 2. The van der Waals surface area contributed by atoms with Crippen LogP contribution in [0.4, 0.5) is 9.18 Å². The maximum Gasteiger partial charge on any atom is 0.410 e. The van der Waals surface area contributed by atoms with Crippen LogP contribution in [0.3, 0.4) is 0 Å². The molecule has 1 aliphatic carbocycles. The predicted octanol–water partition coefficient (Wildman–Crippen LogP) is 4.40. The van der Waals surface area contributed by atoms with Crippen LogP contribution in [0, 0.1) is 17.7 Å². The van der Waals surface area contributed by atoms with Gasteiger partial charge in [0.05, 0.1) is 0 Å². The molecule has 3 atom stereocenters. The molecule has 126 valence electrons. The molecular formula is C19H26FNO2. The second-order valence-corrected chi connectivity index (χ2v) is 7.97. The minimum Gasteiger partial charge on any atom is -0.444 e. The fourth-order valence-corrected chi connectivity index (χ4v) is 4.01. The van der Waals surface area contributed by atoms with Crippen LogP contribution in [0.2, 0.25) is 0 Å². The summed E-state index contributed by atoms with van der Waals surface area (Å²) in [4.78, 5) is 14.4. The highest BCUT2D eigenvalue weighted by Crippen LogP contribution is 2.41. The Kier molecular flexibility index (Phi) is 4.35. The molecule has 1 aromatic rings. The molecule has 4 heteroatoms. The summed E-state index contributed by atoms with van der Waals surface area (Å²) < 4.78 is 18.7. The fraction of sp³-hybridized carbons (Fsp3) is 0.632. The summed E-state index contributed by atoms with van der Waals surface area (Å²) in [7, 11) is 0. The molecule has 1 aromatic carbocycles. The van der Waals surface area contributed by atoms with E-state index in [-0.39, 0.29) is 18.0 Å². The average molecular weight is 319 g/mol. The highest BCUT2D eigenvalue weighted by Gasteiger charge is 2.43. The van der Waals surface area contributed by atoms with Gasteiger partial charge in [-0.2, -0.15) is 0 Å². The van der Waals surface area contributed by atoms with Gasteiger partial charge in [-0.15, -0.1) is 0 Å². The minimum absolute atomic E-state index is 0.184. The second kappa shape index (κ2) is 6.14. The van der Waals surface area contributed by atoms with E-state index in [4.69, 9.17) is 4.74 Å². The Bertz CT molecular complexity index is 564. The summed E-state index contributed by atoms with van der Waals surface area (Å²) >= 11 is 0. The van der Waals surface area contributed by atoms with Crippen molar-refractivity contribution in [2.45, 2.75) is 58.1 Å². The van der Waals surface area contributed by atoms with Gasteiger partial charge in [0, 0.05) is 12.6 Å². The lowest BCUT2D eigenvalue weighted by Crippen LogP contribution is -2.56. The number of amides is 1. The quantitative estimate of drug-likeness (QED) is 0.808. The Hall–Kier alpha value is -1.58. The number of fused-ring (bicyclic) bond motifs is 3. The third kappa shape index (κ3) is 3.85. The van der Waals surface area contributed by atoms with Crippen molar-refractivity contribution in [1.29, 1.82) is 0 Å². The number of piperidine rings is 2. The fourth-order valence-electron chi connectivity index (χ4n) is 4.01. The average Bonchev–Trinajstić information content (AvgIpc) is 2.48. The van der Waals surface area contributed by atoms with Crippen molar-refractivity contribution in [3.05, 3.63) is 35.6 Å². The third-order valence-corrected chi connectivity index (χ3v) is 4.95. The standard InChI is InChI=1S/C19H26FNO2/c1-19(2,3)23-18(22)21-12-14-6-9-17(21)15(11-14)10-13-4-7-16(20)8-5-13/h4-5,7-8,14-15,17H,6,9-12H2,1-3H3/t14-,15+,17-/m1/s1. The lowest BCUT2D eigenvalue weighted by atomic mass is 9.71. The molecule has 1 amide bonds. The number of hydrogen-bond donors (Lipinski definition) is 0. The molecule has 0 radical (unpaired) electrons. The van der Waals surface area contributed by atoms with E-state index < -0.39 is 5.60 Å². The van der Waals surface area contributed by atoms with E-state index >= 15 is 0 Å². The molecule has 23 heavy (non-hydrogen) atoms. The van der Waals surface area contributed by atoms with Gasteiger partial charge in [0.25, 0.3) is 0 Å².